The molecule has 0 saturated carbocycles. The van der Waals surface area contributed by atoms with Crippen LogP contribution in [0.4, 0.5) is 13.2 Å². The van der Waals surface area contributed by atoms with Crippen molar-refractivity contribution in [3.63, 3.8) is 0 Å². The first-order valence-electron chi connectivity index (χ1n) is 9.26. The predicted octanol–water partition coefficient (Wildman–Crippen LogP) is 5.02. The SMILES string of the molecule is C[Si](C)(C)CCOCn1ncc2cc(CC(F)(F)F)c(OCc3ccon3)cc21. The Morgan fingerprint density at radius 2 is 2.00 bits per heavy atom. The molecule has 3 rings (SSSR count). The van der Waals surface area contributed by atoms with Crippen molar-refractivity contribution in [2.24, 2.45) is 0 Å². The molecule has 3 aromatic rings. The van der Waals surface area contributed by atoms with Crippen LogP contribution in [0.15, 0.2) is 35.2 Å². The molecule has 0 fully saturated rings. The van der Waals surface area contributed by atoms with Crippen molar-refractivity contribution in [1.82, 2.24) is 14.9 Å². The van der Waals surface area contributed by atoms with Gasteiger partial charge in [0.25, 0.3) is 0 Å². The maximum Gasteiger partial charge on any atom is 0.393 e. The summed E-state index contributed by atoms with van der Waals surface area (Å²) in [4.78, 5) is 0. The number of nitrogens with zero attached hydrogens (tertiary/aromatic N) is 3. The number of hydrogen-bond acceptors (Lipinski definition) is 5. The number of hydrogen-bond donors (Lipinski definition) is 0. The van der Waals surface area contributed by atoms with Crippen molar-refractivity contribution >= 4 is 19.0 Å². The number of fused-ring (bicyclic) bond motifs is 1. The van der Waals surface area contributed by atoms with E-state index < -0.39 is 20.7 Å². The van der Waals surface area contributed by atoms with E-state index in [-0.39, 0.29) is 24.7 Å². The summed E-state index contributed by atoms with van der Waals surface area (Å²) in [5.74, 6) is 0.140. The highest BCUT2D eigenvalue weighted by molar-refractivity contribution is 6.76. The van der Waals surface area contributed by atoms with E-state index in [1.807, 2.05) is 0 Å². The summed E-state index contributed by atoms with van der Waals surface area (Å²) >= 11 is 0. The third-order valence-corrected chi connectivity index (χ3v) is 6.00. The molecule has 2 heterocycles. The standard InChI is InChI=1S/C19H24F3N3O3Si/c1-29(2,3)7-6-26-13-25-17-9-18(27-12-16-4-5-28-24-16)14(10-19(20,21)22)8-15(17)11-23-25/h4-5,8-9,11H,6-7,10,12-13H2,1-3H3. The molecular weight excluding hydrogens is 403 g/mol. The van der Waals surface area contributed by atoms with E-state index >= 15 is 0 Å². The molecular formula is C19H24F3N3O3Si. The van der Waals surface area contributed by atoms with Crippen molar-refractivity contribution in [3.8, 4) is 5.75 Å². The number of benzene rings is 1. The zero-order valence-corrected chi connectivity index (χ0v) is 17.6. The molecule has 0 aliphatic carbocycles. The topological polar surface area (TPSA) is 62.3 Å². The molecule has 0 aliphatic heterocycles. The maximum absolute atomic E-state index is 13.0. The lowest BCUT2D eigenvalue weighted by Gasteiger charge is -2.16. The minimum Gasteiger partial charge on any atom is -0.487 e. The summed E-state index contributed by atoms with van der Waals surface area (Å²) in [7, 11) is -1.20. The number of halogens is 3. The van der Waals surface area contributed by atoms with E-state index in [0.29, 0.717) is 23.2 Å². The second-order valence-electron chi connectivity index (χ2n) is 8.08. The fourth-order valence-electron chi connectivity index (χ4n) is 2.74. The molecule has 2 aromatic heterocycles. The predicted molar refractivity (Wildman–Crippen MR) is 104 cm³/mol. The minimum atomic E-state index is -4.35. The van der Waals surface area contributed by atoms with Gasteiger partial charge in [0.2, 0.25) is 0 Å². The zero-order chi connectivity index (χ0) is 21.1. The summed E-state index contributed by atoms with van der Waals surface area (Å²) in [5.41, 5.74) is 1.19. The van der Waals surface area contributed by atoms with E-state index in [9.17, 15) is 13.2 Å². The molecule has 0 radical (unpaired) electrons. The van der Waals surface area contributed by atoms with Crippen molar-refractivity contribution in [3.05, 3.63) is 41.9 Å². The van der Waals surface area contributed by atoms with Gasteiger partial charge in [-0.2, -0.15) is 18.3 Å². The van der Waals surface area contributed by atoms with Crippen LogP contribution in [0, 0.1) is 0 Å². The summed E-state index contributed by atoms with van der Waals surface area (Å²) in [6.07, 6.45) is -2.52. The van der Waals surface area contributed by atoms with Gasteiger partial charge in [0, 0.05) is 37.8 Å². The first kappa shape index (κ1) is 21.4. The molecule has 0 saturated heterocycles. The second-order valence-corrected chi connectivity index (χ2v) is 13.7. The lowest BCUT2D eigenvalue weighted by molar-refractivity contribution is -0.127. The summed E-state index contributed by atoms with van der Waals surface area (Å²) in [6.45, 7) is 7.66. The highest BCUT2D eigenvalue weighted by Gasteiger charge is 2.30. The molecule has 0 unspecified atom stereocenters. The number of aromatic nitrogens is 3. The van der Waals surface area contributed by atoms with Crippen LogP contribution in [0.5, 0.6) is 5.75 Å². The number of ether oxygens (including phenoxy) is 2. The van der Waals surface area contributed by atoms with Gasteiger partial charge in [-0.25, -0.2) is 4.68 Å². The summed E-state index contributed by atoms with van der Waals surface area (Å²) in [6, 6.07) is 5.66. The second kappa shape index (κ2) is 8.58. The van der Waals surface area contributed by atoms with Crippen molar-refractivity contribution in [2.75, 3.05) is 6.61 Å². The van der Waals surface area contributed by atoms with Crippen molar-refractivity contribution < 1.29 is 27.2 Å². The van der Waals surface area contributed by atoms with Gasteiger partial charge >= 0.3 is 6.18 Å². The van der Waals surface area contributed by atoms with Crippen LogP contribution in [-0.4, -0.2) is 35.8 Å². The first-order chi connectivity index (χ1) is 13.6. The Bertz CT molecular complexity index is 934. The Balaban J connectivity index is 1.81. The van der Waals surface area contributed by atoms with E-state index in [4.69, 9.17) is 14.0 Å². The maximum atomic E-state index is 13.0. The van der Waals surface area contributed by atoms with Crippen LogP contribution in [0.25, 0.3) is 10.9 Å². The van der Waals surface area contributed by atoms with Gasteiger partial charge in [-0.1, -0.05) is 24.8 Å². The van der Waals surface area contributed by atoms with Crippen LogP contribution in [0.1, 0.15) is 11.3 Å². The van der Waals surface area contributed by atoms with Gasteiger partial charge in [0.05, 0.1) is 18.1 Å². The Morgan fingerprint density at radius 1 is 1.21 bits per heavy atom. The quantitative estimate of drug-likeness (QED) is 0.354. The molecule has 1 aromatic carbocycles. The molecule has 0 bridgehead atoms. The third-order valence-electron chi connectivity index (χ3n) is 4.29. The summed E-state index contributed by atoms with van der Waals surface area (Å²) in [5, 5.41) is 8.58. The van der Waals surface area contributed by atoms with Gasteiger partial charge in [-0.3, -0.25) is 0 Å². The third kappa shape index (κ3) is 6.33. The molecule has 0 N–H and O–H groups in total. The van der Waals surface area contributed by atoms with E-state index in [2.05, 4.69) is 29.9 Å². The Morgan fingerprint density at radius 3 is 2.66 bits per heavy atom. The lowest BCUT2D eigenvalue weighted by atomic mass is 10.1. The molecule has 10 heteroatoms. The van der Waals surface area contributed by atoms with E-state index in [0.717, 1.165) is 6.04 Å². The highest BCUT2D eigenvalue weighted by Crippen LogP contribution is 2.32. The van der Waals surface area contributed by atoms with Crippen LogP contribution >= 0.6 is 0 Å². The number of rotatable bonds is 9. The van der Waals surface area contributed by atoms with Gasteiger partial charge in [-0.05, 0) is 12.1 Å². The molecule has 158 valence electrons. The van der Waals surface area contributed by atoms with E-state index in [1.165, 1.54) is 12.3 Å². The van der Waals surface area contributed by atoms with Gasteiger partial charge in [0.1, 0.15) is 31.0 Å². The first-order valence-corrected chi connectivity index (χ1v) is 13.0. The number of alkyl halides is 3. The van der Waals surface area contributed by atoms with Crippen LogP contribution < -0.4 is 4.74 Å². The van der Waals surface area contributed by atoms with Crippen molar-refractivity contribution in [2.45, 2.75) is 51.6 Å². The monoisotopic (exact) mass is 427 g/mol. The van der Waals surface area contributed by atoms with Crippen LogP contribution in [-0.2, 0) is 24.5 Å². The van der Waals surface area contributed by atoms with Gasteiger partial charge in [-0.15, -0.1) is 0 Å². The summed E-state index contributed by atoms with van der Waals surface area (Å²) < 4.78 is 56.8. The largest absolute Gasteiger partial charge is 0.487 e. The molecule has 29 heavy (non-hydrogen) atoms. The minimum absolute atomic E-state index is 0.00765. The highest BCUT2D eigenvalue weighted by atomic mass is 28.3. The molecule has 0 atom stereocenters. The fourth-order valence-corrected chi connectivity index (χ4v) is 3.50. The normalized spacial score (nSPS) is 12.6. The van der Waals surface area contributed by atoms with E-state index in [1.54, 1.807) is 23.0 Å². The molecule has 0 amide bonds. The Kier molecular flexibility index (Phi) is 6.32. The average molecular weight is 427 g/mol. The van der Waals surface area contributed by atoms with Gasteiger partial charge < -0.3 is 14.0 Å². The van der Waals surface area contributed by atoms with Gasteiger partial charge in [0.15, 0.2) is 0 Å². The smallest absolute Gasteiger partial charge is 0.393 e. The Labute approximate surface area is 167 Å². The van der Waals surface area contributed by atoms with Crippen LogP contribution in [0.2, 0.25) is 25.7 Å². The average Bonchev–Trinajstić information content (AvgIpc) is 3.24. The molecule has 6 nitrogen and oxygen atoms in total. The molecule has 0 spiro atoms. The Hall–Kier alpha value is -2.33. The lowest BCUT2D eigenvalue weighted by Crippen LogP contribution is -2.22. The van der Waals surface area contributed by atoms with Crippen molar-refractivity contribution in [1.29, 1.82) is 0 Å². The fraction of sp³-hybridized carbons (Fsp3) is 0.474. The van der Waals surface area contributed by atoms with Crippen LogP contribution in [0.3, 0.4) is 0 Å². The zero-order valence-electron chi connectivity index (χ0n) is 16.6. The molecule has 0 aliphatic rings.